The van der Waals surface area contributed by atoms with Crippen LogP contribution in [0.25, 0.3) is 0 Å². The predicted octanol–water partition coefficient (Wildman–Crippen LogP) is 3.60. The molecule has 0 aliphatic rings. The average molecular weight is 556 g/mol. The van der Waals surface area contributed by atoms with E-state index in [1.54, 1.807) is 7.11 Å². The summed E-state index contributed by atoms with van der Waals surface area (Å²) in [5, 5.41) is 0. The molecular formula is C24H53NO9Si2. The summed E-state index contributed by atoms with van der Waals surface area (Å²) in [7, 11) is -4.84. The van der Waals surface area contributed by atoms with E-state index in [2.05, 4.69) is 18.7 Å². The Labute approximate surface area is 221 Å². The van der Waals surface area contributed by atoms with Crippen LogP contribution >= 0.6 is 0 Å². The van der Waals surface area contributed by atoms with Crippen molar-refractivity contribution in [2.75, 3.05) is 66.5 Å². The van der Waals surface area contributed by atoms with Gasteiger partial charge in [-0.25, -0.2) is 0 Å². The summed E-state index contributed by atoms with van der Waals surface area (Å²) in [5.74, 6) is -0.297. The van der Waals surface area contributed by atoms with Crippen molar-refractivity contribution in [1.29, 1.82) is 0 Å². The van der Waals surface area contributed by atoms with Crippen molar-refractivity contribution in [2.45, 2.75) is 86.0 Å². The van der Waals surface area contributed by atoms with E-state index in [1.807, 2.05) is 41.5 Å². The highest BCUT2D eigenvalue weighted by atomic mass is 28.4. The molecule has 36 heavy (non-hydrogen) atoms. The first-order chi connectivity index (χ1) is 17.3. The Morgan fingerprint density at radius 3 is 1.28 bits per heavy atom. The van der Waals surface area contributed by atoms with Crippen molar-refractivity contribution in [2.24, 2.45) is 0 Å². The molecule has 0 aliphatic heterocycles. The second-order valence-corrected chi connectivity index (χ2v) is 13.3. The number of carbonyl (C=O) groups excluding carboxylic acids is 1. The number of hydrogen-bond donors (Lipinski definition) is 0. The van der Waals surface area contributed by atoms with Gasteiger partial charge in [-0.2, -0.15) is 0 Å². The van der Waals surface area contributed by atoms with Gasteiger partial charge in [0, 0.05) is 53.3 Å². The van der Waals surface area contributed by atoms with E-state index in [0.717, 1.165) is 0 Å². The Kier molecular flexibility index (Phi) is 20.3. The zero-order valence-corrected chi connectivity index (χ0v) is 26.3. The first kappa shape index (κ1) is 35.6. The van der Waals surface area contributed by atoms with Gasteiger partial charge < -0.3 is 36.0 Å². The van der Waals surface area contributed by atoms with Gasteiger partial charge in [0.05, 0.1) is 24.4 Å². The lowest BCUT2D eigenvalue weighted by atomic mass is 10.3. The third-order valence-electron chi connectivity index (χ3n) is 5.59. The van der Waals surface area contributed by atoms with E-state index >= 15 is 0 Å². The van der Waals surface area contributed by atoms with Gasteiger partial charge >= 0.3 is 23.6 Å². The standard InChI is InChI=1S/C24H53NO9Si2/c1-10-22(35(29-12-3,30-13-4)31-14-5)25(19-18-24(26)28-21-20-27-9)23(11-2)36(32-15-6,33-16-7)34-17-8/h22-23H,10-21H2,1-9H3. The predicted molar refractivity (Wildman–Crippen MR) is 144 cm³/mol. The molecule has 12 heteroatoms. The highest BCUT2D eigenvalue weighted by molar-refractivity contribution is 6.64. The summed E-state index contributed by atoms with van der Waals surface area (Å²) in [6.45, 7) is 19.6. The van der Waals surface area contributed by atoms with Crippen molar-refractivity contribution in [1.82, 2.24) is 4.90 Å². The summed E-state index contributed by atoms with van der Waals surface area (Å²) in [6.07, 6.45) is 1.56. The lowest BCUT2D eigenvalue weighted by Crippen LogP contribution is -2.71. The molecular weight excluding hydrogens is 502 g/mol. The minimum absolute atomic E-state index is 0.181. The maximum atomic E-state index is 12.6. The fourth-order valence-corrected chi connectivity index (χ4v) is 11.1. The minimum Gasteiger partial charge on any atom is -0.463 e. The summed E-state index contributed by atoms with van der Waals surface area (Å²) in [6, 6.07) is 0. The number of hydrogen-bond acceptors (Lipinski definition) is 10. The molecule has 0 amide bonds. The second kappa shape index (κ2) is 20.5. The molecule has 0 aromatic heterocycles. The molecule has 0 fully saturated rings. The molecule has 0 rings (SSSR count). The van der Waals surface area contributed by atoms with E-state index in [-0.39, 0.29) is 30.3 Å². The second-order valence-electron chi connectivity index (χ2n) is 7.85. The summed E-state index contributed by atoms with van der Waals surface area (Å²) in [5.41, 5.74) is -0.468. The van der Waals surface area contributed by atoms with Gasteiger partial charge in [0.15, 0.2) is 0 Å². The van der Waals surface area contributed by atoms with Crippen LogP contribution in [0.3, 0.4) is 0 Å². The molecule has 0 radical (unpaired) electrons. The van der Waals surface area contributed by atoms with Crippen LogP contribution in [0, 0.1) is 0 Å². The average Bonchev–Trinajstić information content (AvgIpc) is 2.84. The van der Waals surface area contributed by atoms with Crippen LogP contribution in [0.15, 0.2) is 0 Å². The van der Waals surface area contributed by atoms with E-state index in [1.165, 1.54) is 0 Å². The van der Waals surface area contributed by atoms with Gasteiger partial charge in [-0.05, 0) is 54.4 Å². The van der Waals surface area contributed by atoms with E-state index < -0.39 is 17.6 Å². The number of ether oxygens (including phenoxy) is 2. The lowest BCUT2D eigenvalue weighted by Gasteiger charge is -2.47. The van der Waals surface area contributed by atoms with Gasteiger partial charge in [-0.3, -0.25) is 9.69 Å². The Balaban J connectivity index is 6.62. The molecule has 2 atom stereocenters. The minimum atomic E-state index is -3.21. The SMILES string of the molecule is CCO[Si](OCC)(OCC)C(CC)N(CCC(=O)OCCOC)C(CC)[Si](OCC)(OCC)OCC. The van der Waals surface area contributed by atoms with Gasteiger partial charge in [-0.1, -0.05) is 13.8 Å². The molecule has 0 spiro atoms. The third-order valence-corrected chi connectivity index (χ3v) is 12.8. The van der Waals surface area contributed by atoms with Gasteiger partial charge in [0.2, 0.25) is 0 Å². The topological polar surface area (TPSA) is 94.2 Å². The molecule has 0 aromatic rings. The monoisotopic (exact) mass is 555 g/mol. The van der Waals surface area contributed by atoms with Crippen molar-refractivity contribution >= 4 is 23.6 Å². The summed E-state index contributed by atoms with van der Waals surface area (Å²) in [4.78, 5) is 14.9. The highest BCUT2D eigenvalue weighted by Gasteiger charge is 2.58. The fourth-order valence-electron chi connectivity index (χ4n) is 4.47. The molecule has 0 aromatic carbocycles. The molecule has 10 nitrogen and oxygen atoms in total. The van der Waals surface area contributed by atoms with Gasteiger partial charge in [-0.15, -0.1) is 0 Å². The molecule has 2 unspecified atom stereocenters. The zero-order chi connectivity index (χ0) is 27.5. The van der Waals surface area contributed by atoms with Crippen molar-refractivity contribution in [3.8, 4) is 0 Å². The summed E-state index contributed by atoms with van der Waals surface area (Å²) >= 11 is 0. The molecule has 216 valence electrons. The molecule has 0 bridgehead atoms. The highest BCUT2D eigenvalue weighted by Crippen LogP contribution is 2.31. The molecule has 0 N–H and O–H groups in total. The third kappa shape index (κ3) is 10.8. The fraction of sp³-hybridized carbons (Fsp3) is 0.958. The van der Waals surface area contributed by atoms with Crippen molar-refractivity contribution < 1.29 is 40.8 Å². The number of esters is 1. The van der Waals surface area contributed by atoms with Gasteiger partial charge in [0.25, 0.3) is 0 Å². The Morgan fingerprint density at radius 2 is 1.00 bits per heavy atom. The van der Waals surface area contributed by atoms with Crippen molar-refractivity contribution in [3.05, 3.63) is 0 Å². The van der Waals surface area contributed by atoms with Crippen LogP contribution in [0.4, 0.5) is 0 Å². The van der Waals surface area contributed by atoms with Crippen LogP contribution < -0.4 is 0 Å². The maximum absolute atomic E-state index is 12.6. The molecule has 0 saturated carbocycles. The smallest absolute Gasteiger partial charge is 0.463 e. The maximum Gasteiger partial charge on any atom is 0.519 e. The first-order valence-electron chi connectivity index (χ1n) is 13.6. The number of rotatable bonds is 24. The van der Waals surface area contributed by atoms with Crippen LogP contribution in [-0.2, 0) is 40.8 Å². The largest absolute Gasteiger partial charge is 0.519 e. The Morgan fingerprint density at radius 1 is 0.639 bits per heavy atom. The Hall–Kier alpha value is -0.416. The number of carbonyl (C=O) groups is 1. The van der Waals surface area contributed by atoms with Crippen LogP contribution in [0.2, 0.25) is 0 Å². The number of nitrogens with zero attached hydrogens (tertiary/aromatic N) is 1. The molecule has 0 heterocycles. The van der Waals surface area contributed by atoms with Gasteiger partial charge in [0.1, 0.15) is 6.61 Å². The van der Waals surface area contributed by atoms with Crippen molar-refractivity contribution in [3.63, 3.8) is 0 Å². The lowest BCUT2D eigenvalue weighted by molar-refractivity contribution is -0.145. The van der Waals surface area contributed by atoms with Crippen LogP contribution in [0.1, 0.15) is 74.7 Å². The normalized spacial score (nSPS) is 14.3. The number of methoxy groups -OCH3 is 1. The molecule has 0 saturated heterocycles. The molecule has 0 aliphatic carbocycles. The van der Waals surface area contributed by atoms with E-state index in [9.17, 15) is 4.79 Å². The quantitative estimate of drug-likeness (QED) is 0.0999. The summed E-state index contributed by atoms with van der Waals surface area (Å²) < 4.78 is 48.4. The van der Waals surface area contributed by atoms with E-state index in [4.69, 9.17) is 36.0 Å². The first-order valence-corrected chi connectivity index (χ1v) is 17.2. The van der Waals surface area contributed by atoms with Crippen LogP contribution in [0.5, 0.6) is 0 Å². The van der Waals surface area contributed by atoms with Crippen LogP contribution in [-0.4, -0.2) is 106 Å². The van der Waals surface area contributed by atoms with E-state index in [0.29, 0.717) is 65.6 Å². The Bertz CT molecular complexity index is 492. The zero-order valence-electron chi connectivity index (χ0n) is 24.3.